The zero-order chi connectivity index (χ0) is 42.5. The van der Waals surface area contributed by atoms with Crippen molar-refractivity contribution in [2.45, 2.75) is 45.2 Å². The average Bonchev–Trinajstić information content (AvgIpc) is 3.19. The minimum Gasteiger partial charge on any atom is -0.480 e. The number of amides is 1. The Kier molecular flexibility index (Phi) is 14.1. The molecule has 0 aliphatic heterocycles. The first kappa shape index (κ1) is 42.6. The molecule has 2 aromatic heterocycles. The summed E-state index contributed by atoms with van der Waals surface area (Å²) in [5, 5.41) is 15.4. The molecular formula is C40H36N7O11P. The molecular weight excluding hydrogens is 785 g/mol. The fraction of sp³-hybridized carbons (Fsp3) is 0.200. The fourth-order valence-corrected chi connectivity index (χ4v) is 6.24. The third-order valence-electron chi connectivity index (χ3n) is 8.39. The number of benzene rings is 3. The number of phosphoric acid groups is 1. The van der Waals surface area contributed by atoms with Gasteiger partial charge in [-0.1, -0.05) is 42.7 Å². The summed E-state index contributed by atoms with van der Waals surface area (Å²) in [7, 11) is -4.11. The largest absolute Gasteiger partial charge is 0.604 e. The summed E-state index contributed by atoms with van der Waals surface area (Å²) in [5.74, 6) is -2.94. The van der Waals surface area contributed by atoms with Crippen molar-refractivity contribution in [2.24, 2.45) is 0 Å². The van der Waals surface area contributed by atoms with Crippen LogP contribution in [0.4, 0.5) is 11.6 Å². The summed E-state index contributed by atoms with van der Waals surface area (Å²) in [6, 6.07) is 16.1. The third-order valence-corrected chi connectivity index (χ3v) is 9.55. The van der Waals surface area contributed by atoms with E-state index in [9.17, 15) is 33.6 Å². The standard InChI is InChI=1S/C40H36N7O11P/c1-4-55-59(54,56-5-2)57-19-18-25-7-14-31(15-8-25)58-39(53)32-16-6-24(3)20-27(32)21-30(48)13-17-33(38(51)52)45-36(49)26-9-11-28(12-10-26)42-22-29-23-43-35-34(44-29)37(50)47-40(41)46-35/h1-2,6-12,14-16,20,23,33,42H,13,17-19,21-22H2,3H3,(H,45,49)(H,51,52)(H3,41,43,46,47,50)/t33-/m0/s1. The predicted molar refractivity (Wildman–Crippen MR) is 213 cm³/mol. The minimum atomic E-state index is -4.11. The molecule has 0 saturated heterocycles. The second kappa shape index (κ2) is 19.6. The van der Waals surface area contributed by atoms with Crippen molar-refractivity contribution in [3.05, 3.63) is 117 Å². The normalized spacial score (nSPS) is 11.4. The van der Waals surface area contributed by atoms with Gasteiger partial charge < -0.3 is 35.3 Å². The Labute approximate surface area is 336 Å². The smallest absolute Gasteiger partial charge is 0.480 e. The summed E-state index contributed by atoms with van der Waals surface area (Å²) in [4.78, 5) is 78.2. The van der Waals surface area contributed by atoms with Gasteiger partial charge >= 0.3 is 19.8 Å². The minimum absolute atomic E-state index is 0.0319. The molecule has 0 spiro atoms. The zero-order valence-electron chi connectivity index (χ0n) is 31.3. The molecule has 0 fully saturated rings. The number of aromatic nitrogens is 4. The molecule has 0 aliphatic rings. The van der Waals surface area contributed by atoms with Gasteiger partial charge in [0.15, 0.2) is 11.2 Å². The van der Waals surface area contributed by atoms with Gasteiger partial charge in [-0.2, -0.15) is 4.98 Å². The van der Waals surface area contributed by atoms with Crippen LogP contribution < -0.4 is 26.7 Å². The van der Waals surface area contributed by atoms with Crippen LogP contribution in [0.2, 0.25) is 0 Å². The molecule has 0 unspecified atom stereocenters. The first-order valence-corrected chi connectivity index (χ1v) is 19.1. The lowest BCUT2D eigenvalue weighted by atomic mass is 9.97. The molecule has 1 atom stereocenters. The number of H-pyrrole nitrogens is 1. The molecule has 5 aromatic rings. The summed E-state index contributed by atoms with van der Waals surface area (Å²) < 4.78 is 31.9. The number of anilines is 2. The number of fused-ring (bicyclic) bond motifs is 1. The quantitative estimate of drug-likeness (QED) is 0.0340. The van der Waals surface area contributed by atoms with E-state index in [0.717, 1.165) is 11.1 Å². The number of nitrogens with one attached hydrogen (secondary N) is 3. The number of aromatic amines is 1. The van der Waals surface area contributed by atoms with Gasteiger partial charge in [-0.25, -0.2) is 24.1 Å². The maximum Gasteiger partial charge on any atom is 0.604 e. The second-order valence-corrected chi connectivity index (χ2v) is 14.2. The van der Waals surface area contributed by atoms with Crippen LogP contribution in [0.5, 0.6) is 5.75 Å². The van der Waals surface area contributed by atoms with Crippen LogP contribution in [-0.2, 0) is 47.1 Å². The van der Waals surface area contributed by atoms with Gasteiger partial charge in [0, 0.05) is 24.1 Å². The van der Waals surface area contributed by atoms with Crippen LogP contribution in [0.3, 0.4) is 0 Å². The van der Waals surface area contributed by atoms with Crippen molar-refractivity contribution in [3.63, 3.8) is 0 Å². The van der Waals surface area contributed by atoms with E-state index in [2.05, 4.69) is 39.6 Å². The number of carbonyl (C=O) groups excluding carboxylic acids is 3. The Morgan fingerprint density at radius 3 is 2.39 bits per heavy atom. The van der Waals surface area contributed by atoms with E-state index in [1.54, 1.807) is 55.5 Å². The zero-order valence-corrected chi connectivity index (χ0v) is 32.2. The number of aryl methyl sites for hydroxylation is 1. The van der Waals surface area contributed by atoms with Gasteiger partial charge in [0.05, 0.1) is 30.6 Å². The van der Waals surface area contributed by atoms with Crippen LogP contribution >= 0.6 is 7.82 Å². The fourth-order valence-electron chi connectivity index (χ4n) is 5.52. The molecule has 2 heterocycles. The van der Waals surface area contributed by atoms with Crippen LogP contribution in [0.25, 0.3) is 11.2 Å². The van der Waals surface area contributed by atoms with E-state index >= 15 is 0 Å². The number of nitrogens with zero attached hydrogens (tertiary/aromatic N) is 3. The molecule has 0 radical (unpaired) electrons. The van der Waals surface area contributed by atoms with Crippen LogP contribution in [0, 0.1) is 32.0 Å². The van der Waals surface area contributed by atoms with Crippen LogP contribution in [0.1, 0.15) is 55.9 Å². The highest BCUT2D eigenvalue weighted by molar-refractivity contribution is 7.48. The number of nitrogen functional groups attached to an aromatic ring is 1. The highest BCUT2D eigenvalue weighted by atomic mass is 31.2. The average molecular weight is 822 g/mol. The third kappa shape index (κ3) is 12.0. The lowest BCUT2D eigenvalue weighted by Gasteiger charge is -2.15. The van der Waals surface area contributed by atoms with Gasteiger partial charge in [0.25, 0.3) is 11.5 Å². The van der Waals surface area contributed by atoms with Gasteiger partial charge in [-0.3, -0.25) is 23.9 Å². The predicted octanol–water partition coefficient (Wildman–Crippen LogP) is 4.09. The molecule has 0 saturated carbocycles. The van der Waals surface area contributed by atoms with Crippen molar-refractivity contribution in [1.82, 2.24) is 25.3 Å². The summed E-state index contributed by atoms with van der Waals surface area (Å²) in [6.45, 7) is 1.87. The first-order valence-electron chi connectivity index (χ1n) is 17.6. The molecule has 19 heteroatoms. The highest BCUT2D eigenvalue weighted by Crippen LogP contribution is 2.48. The van der Waals surface area contributed by atoms with E-state index in [0.29, 0.717) is 16.9 Å². The topological polar surface area (TPSA) is 264 Å². The van der Waals surface area contributed by atoms with E-state index in [4.69, 9.17) is 27.8 Å². The lowest BCUT2D eigenvalue weighted by Crippen LogP contribution is -2.41. The summed E-state index contributed by atoms with van der Waals surface area (Å²) in [6.07, 6.45) is 14.5. The first-order chi connectivity index (χ1) is 28.2. The molecule has 0 bridgehead atoms. The van der Waals surface area contributed by atoms with E-state index < -0.39 is 37.3 Å². The Hall–Kier alpha value is -7.53. The number of terminal acetylenes is 2. The van der Waals surface area contributed by atoms with Gasteiger partial charge in [0.1, 0.15) is 29.8 Å². The molecule has 5 rings (SSSR count). The lowest BCUT2D eigenvalue weighted by molar-refractivity contribution is -0.139. The number of carbonyl (C=O) groups is 4. The van der Waals surface area contributed by atoms with E-state index in [-0.39, 0.29) is 78.6 Å². The second-order valence-electron chi connectivity index (χ2n) is 12.7. The monoisotopic (exact) mass is 821 g/mol. The Morgan fingerprint density at radius 2 is 1.71 bits per heavy atom. The van der Waals surface area contributed by atoms with Crippen molar-refractivity contribution in [1.29, 1.82) is 0 Å². The number of aliphatic carboxylic acids is 1. The number of carboxylic acid groups (broad SMARTS) is 1. The van der Waals surface area contributed by atoms with E-state index in [1.165, 1.54) is 36.5 Å². The van der Waals surface area contributed by atoms with Crippen LogP contribution in [-0.4, -0.2) is 61.3 Å². The van der Waals surface area contributed by atoms with Gasteiger partial charge in [0.2, 0.25) is 5.95 Å². The van der Waals surface area contributed by atoms with Gasteiger partial charge in [-0.05, 0) is 73.4 Å². The number of ether oxygens (including phenoxy) is 1. The number of carboxylic acids is 1. The summed E-state index contributed by atoms with van der Waals surface area (Å²) >= 11 is 0. The molecule has 6 N–H and O–H groups in total. The molecule has 302 valence electrons. The molecule has 3 aromatic carbocycles. The number of Topliss-reactive ketones (excluding diaryl/α,β-unsaturated/α-hetero) is 1. The van der Waals surface area contributed by atoms with Crippen molar-refractivity contribution in [2.75, 3.05) is 17.7 Å². The molecule has 18 nitrogen and oxygen atoms in total. The number of esters is 1. The number of ketones is 1. The van der Waals surface area contributed by atoms with Crippen LogP contribution in [0.15, 0.2) is 77.7 Å². The Bertz CT molecular complexity index is 2550. The van der Waals surface area contributed by atoms with E-state index in [1.807, 2.05) is 0 Å². The maximum atomic E-state index is 13.2. The molecule has 0 aliphatic carbocycles. The summed E-state index contributed by atoms with van der Waals surface area (Å²) in [5.41, 5.74) is 8.40. The van der Waals surface area contributed by atoms with Crippen molar-refractivity contribution < 1.29 is 47.2 Å². The van der Waals surface area contributed by atoms with Crippen molar-refractivity contribution >= 4 is 54.3 Å². The number of phosphoric ester groups is 1. The SMILES string of the molecule is C#COP(=O)(OC#C)OCCc1ccc(OC(=O)c2ccc(C)cc2CC(=O)CC[C@H](NC(=O)c2ccc(NCc3cnc4nc(N)[nH]c(=O)c4n3)cc2)C(=O)O)cc1. The number of rotatable bonds is 19. The Balaban J connectivity index is 1.12. The van der Waals surface area contributed by atoms with Crippen molar-refractivity contribution in [3.8, 4) is 30.8 Å². The number of hydrogen-bond acceptors (Lipinski definition) is 15. The number of nitrogens with two attached hydrogens (primary N) is 1. The highest BCUT2D eigenvalue weighted by Gasteiger charge is 2.28. The molecule has 1 amide bonds. The number of hydrogen-bond donors (Lipinski definition) is 5. The molecule has 59 heavy (non-hydrogen) atoms. The van der Waals surface area contributed by atoms with Gasteiger partial charge in [-0.15, -0.1) is 0 Å². The Morgan fingerprint density at radius 1 is 1.00 bits per heavy atom. The maximum absolute atomic E-state index is 13.2.